The quantitative estimate of drug-likeness (QED) is 0.330. The Bertz CT molecular complexity index is 408. The SMILES string of the molecule is CSc1nc(NN)cc(NC2(C)CCOC2C)n1. The molecule has 0 bridgehead atoms. The first kappa shape index (κ1) is 13.4. The lowest BCUT2D eigenvalue weighted by atomic mass is 9.95. The predicted octanol–water partition coefficient (Wildman–Crippen LogP) is 1.46. The molecule has 0 aromatic carbocycles. The Kier molecular flexibility index (Phi) is 3.94. The number of hydrogen-bond donors (Lipinski definition) is 3. The van der Waals surface area contributed by atoms with Crippen LogP contribution >= 0.6 is 11.8 Å². The maximum Gasteiger partial charge on any atom is 0.191 e. The van der Waals surface area contributed by atoms with Crippen LogP contribution in [0, 0.1) is 0 Å². The number of rotatable bonds is 4. The van der Waals surface area contributed by atoms with Crippen molar-refractivity contribution < 1.29 is 4.74 Å². The van der Waals surface area contributed by atoms with Gasteiger partial charge in [0.05, 0.1) is 11.6 Å². The van der Waals surface area contributed by atoms with Crippen LogP contribution in [-0.2, 0) is 4.74 Å². The molecule has 7 heteroatoms. The van der Waals surface area contributed by atoms with Gasteiger partial charge in [0.1, 0.15) is 11.6 Å². The van der Waals surface area contributed by atoms with Gasteiger partial charge in [-0.25, -0.2) is 15.8 Å². The molecule has 4 N–H and O–H groups in total. The summed E-state index contributed by atoms with van der Waals surface area (Å²) >= 11 is 1.48. The largest absolute Gasteiger partial charge is 0.376 e. The average Bonchev–Trinajstić information content (AvgIpc) is 2.68. The van der Waals surface area contributed by atoms with E-state index in [0.29, 0.717) is 11.0 Å². The zero-order chi connectivity index (χ0) is 13.2. The van der Waals surface area contributed by atoms with Gasteiger partial charge in [-0.1, -0.05) is 11.8 Å². The zero-order valence-electron chi connectivity index (χ0n) is 10.9. The van der Waals surface area contributed by atoms with Crippen molar-refractivity contribution in [1.29, 1.82) is 0 Å². The van der Waals surface area contributed by atoms with E-state index in [2.05, 4.69) is 34.6 Å². The van der Waals surface area contributed by atoms with Crippen LogP contribution in [0.25, 0.3) is 0 Å². The number of hydrazine groups is 1. The first-order valence-electron chi connectivity index (χ1n) is 5.87. The van der Waals surface area contributed by atoms with E-state index in [0.717, 1.165) is 18.8 Å². The molecule has 1 saturated heterocycles. The van der Waals surface area contributed by atoms with E-state index in [9.17, 15) is 0 Å². The molecular formula is C11H19N5OS. The topological polar surface area (TPSA) is 85.1 Å². The van der Waals surface area contributed by atoms with Gasteiger partial charge < -0.3 is 15.5 Å². The van der Waals surface area contributed by atoms with Crippen LogP contribution in [-0.4, -0.2) is 34.5 Å². The molecule has 2 unspecified atom stereocenters. The number of nitrogens with two attached hydrogens (primary N) is 1. The molecule has 18 heavy (non-hydrogen) atoms. The first-order valence-corrected chi connectivity index (χ1v) is 7.09. The molecule has 1 aliphatic rings. The number of nitrogens with one attached hydrogen (secondary N) is 2. The van der Waals surface area contributed by atoms with Crippen molar-refractivity contribution in [1.82, 2.24) is 9.97 Å². The maximum absolute atomic E-state index is 5.60. The smallest absolute Gasteiger partial charge is 0.191 e. The molecule has 2 heterocycles. The second-order valence-corrected chi connectivity index (χ2v) is 5.35. The van der Waals surface area contributed by atoms with E-state index in [4.69, 9.17) is 10.6 Å². The van der Waals surface area contributed by atoms with Crippen LogP contribution in [0.5, 0.6) is 0 Å². The summed E-state index contributed by atoms with van der Waals surface area (Å²) in [5, 5.41) is 4.11. The third-order valence-corrected chi connectivity index (χ3v) is 3.88. The van der Waals surface area contributed by atoms with Crippen LogP contribution in [0.3, 0.4) is 0 Å². The van der Waals surface area contributed by atoms with Crippen LogP contribution in [0.2, 0.25) is 0 Å². The standard InChI is InChI=1S/C11H19N5OS/c1-7-11(2,4-5-17-7)15-8-6-9(16-12)14-10(13-8)18-3/h6-7H,4-5,12H2,1-3H3,(H2,13,14,15,16). The minimum atomic E-state index is -0.101. The Hall–Kier alpha value is -1.05. The van der Waals surface area contributed by atoms with Gasteiger partial charge >= 0.3 is 0 Å². The van der Waals surface area contributed by atoms with Crippen molar-refractivity contribution in [2.24, 2.45) is 5.84 Å². The Morgan fingerprint density at radius 3 is 2.78 bits per heavy atom. The van der Waals surface area contributed by atoms with Gasteiger partial charge in [-0.3, -0.25) is 0 Å². The highest BCUT2D eigenvalue weighted by Gasteiger charge is 2.37. The van der Waals surface area contributed by atoms with Crippen molar-refractivity contribution in [3.63, 3.8) is 0 Å². The van der Waals surface area contributed by atoms with E-state index < -0.39 is 0 Å². The van der Waals surface area contributed by atoms with Gasteiger partial charge in [-0.05, 0) is 26.5 Å². The molecule has 6 nitrogen and oxygen atoms in total. The number of thioether (sulfide) groups is 1. The van der Waals surface area contributed by atoms with Crippen molar-refractivity contribution in [2.45, 2.75) is 37.1 Å². The summed E-state index contributed by atoms with van der Waals surface area (Å²) in [5.74, 6) is 6.78. The summed E-state index contributed by atoms with van der Waals surface area (Å²) in [4.78, 5) is 8.66. The summed E-state index contributed by atoms with van der Waals surface area (Å²) in [6.07, 6.45) is 3.04. The number of aromatic nitrogens is 2. The van der Waals surface area contributed by atoms with Gasteiger partial charge in [-0.15, -0.1) is 0 Å². The summed E-state index contributed by atoms with van der Waals surface area (Å²) in [5.41, 5.74) is 2.45. The van der Waals surface area contributed by atoms with Crippen molar-refractivity contribution >= 4 is 23.4 Å². The van der Waals surface area contributed by atoms with Gasteiger partial charge in [0, 0.05) is 12.7 Å². The fourth-order valence-electron chi connectivity index (χ4n) is 1.95. The molecule has 2 rings (SSSR count). The summed E-state index contributed by atoms with van der Waals surface area (Å²) in [6, 6.07) is 1.80. The number of ether oxygens (including phenoxy) is 1. The highest BCUT2D eigenvalue weighted by Crippen LogP contribution is 2.29. The van der Waals surface area contributed by atoms with Crippen molar-refractivity contribution in [3.8, 4) is 0 Å². The Balaban J connectivity index is 2.22. The Labute approximate surface area is 111 Å². The highest BCUT2D eigenvalue weighted by atomic mass is 32.2. The molecule has 1 fully saturated rings. The molecule has 0 aliphatic carbocycles. The van der Waals surface area contributed by atoms with Crippen LogP contribution in [0.15, 0.2) is 11.2 Å². The molecular weight excluding hydrogens is 250 g/mol. The third-order valence-electron chi connectivity index (χ3n) is 3.34. The lowest BCUT2D eigenvalue weighted by Crippen LogP contribution is -2.41. The lowest BCUT2D eigenvalue weighted by Gasteiger charge is -2.29. The van der Waals surface area contributed by atoms with E-state index in [1.54, 1.807) is 6.07 Å². The highest BCUT2D eigenvalue weighted by molar-refractivity contribution is 7.98. The Morgan fingerprint density at radius 1 is 1.50 bits per heavy atom. The van der Waals surface area contributed by atoms with E-state index in [-0.39, 0.29) is 11.6 Å². The van der Waals surface area contributed by atoms with Crippen molar-refractivity contribution in [2.75, 3.05) is 23.6 Å². The predicted molar refractivity (Wildman–Crippen MR) is 73.7 cm³/mol. The minimum Gasteiger partial charge on any atom is -0.376 e. The minimum absolute atomic E-state index is 0.101. The number of hydrogen-bond acceptors (Lipinski definition) is 7. The Morgan fingerprint density at radius 2 is 2.22 bits per heavy atom. The molecule has 0 spiro atoms. The lowest BCUT2D eigenvalue weighted by molar-refractivity contribution is 0.105. The summed E-state index contributed by atoms with van der Waals surface area (Å²) < 4.78 is 5.60. The van der Waals surface area contributed by atoms with Gasteiger partial charge in [0.2, 0.25) is 0 Å². The second kappa shape index (κ2) is 5.29. The number of nitrogen functional groups attached to an aromatic ring is 1. The number of anilines is 2. The molecule has 1 aliphatic heterocycles. The van der Waals surface area contributed by atoms with E-state index in [1.807, 2.05) is 6.26 Å². The normalized spacial score (nSPS) is 27.2. The fraction of sp³-hybridized carbons (Fsp3) is 0.636. The van der Waals surface area contributed by atoms with Gasteiger partial charge in [0.25, 0.3) is 0 Å². The van der Waals surface area contributed by atoms with Crippen LogP contribution in [0.1, 0.15) is 20.3 Å². The molecule has 100 valence electrons. The van der Waals surface area contributed by atoms with Crippen LogP contribution in [0.4, 0.5) is 11.6 Å². The van der Waals surface area contributed by atoms with E-state index in [1.165, 1.54) is 11.8 Å². The molecule has 2 atom stereocenters. The zero-order valence-corrected chi connectivity index (χ0v) is 11.7. The summed E-state index contributed by atoms with van der Waals surface area (Å²) in [7, 11) is 0. The molecule has 0 amide bonds. The van der Waals surface area contributed by atoms with E-state index >= 15 is 0 Å². The van der Waals surface area contributed by atoms with Crippen LogP contribution < -0.4 is 16.6 Å². The van der Waals surface area contributed by atoms with Crippen molar-refractivity contribution in [3.05, 3.63) is 6.07 Å². The molecule has 1 aromatic rings. The first-order chi connectivity index (χ1) is 8.57. The van der Waals surface area contributed by atoms with Gasteiger partial charge in [-0.2, -0.15) is 0 Å². The molecule has 0 radical (unpaired) electrons. The number of nitrogens with zero attached hydrogens (tertiary/aromatic N) is 2. The molecule has 1 aromatic heterocycles. The average molecular weight is 269 g/mol. The van der Waals surface area contributed by atoms with Gasteiger partial charge in [0.15, 0.2) is 5.16 Å². The second-order valence-electron chi connectivity index (χ2n) is 4.57. The molecule has 0 saturated carbocycles. The fourth-order valence-corrected chi connectivity index (χ4v) is 2.33. The monoisotopic (exact) mass is 269 g/mol. The maximum atomic E-state index is 5.60. The summed E-state index contributed by atoms with van der Waals surface area (Å²) in [6.45, 7) is 4.98. The third kappa shape index (κ3) is 2.68.